The molecule has 1 aromatic heterocycles. The molecule has 3 N–H and O–H groups in total. The van der Waals surface area contributed by atoms with Gasteiger partial charge in [-0.25, -0.2) is 0 Å². The van der Waals surface area contributed by atoms with Crippen LogP contribution in [0, 0.1) is 5.92 Å². The minimum Gasteiger partial charge on any atom is -0.355 e. The monoisotopic (exact) mass is 234 g/mol. The molecular weight excluding hydrogens is 216 g/mol. The van der Waals surface area contributed by atoms with Gasteiger partial charge >= 0.3 is 0 Å². The summed E-state index contributed by atoms with van der Waals surface area (Å²) in [4.78, 5) is 11.8. The molecule has 0 spiro atoms. The van der Waals surface area contributed by atoms with Crippen LogP contribution < -0.4 is 11.1 Å². The highest BCUT2D eigenvalue weighted by Gasteiger charge is 2.22. The second kappa shape index (κ2) is 5.14. The molecule has 5 nitrogen and oxygen atoms in total. The SMILES string of the molecule is Cn1nccc1CCNC(=O)C1C=CC(N)C1. The summed E-state index contributed by atoms with van der Waals surface area (Å²) in [5.41, 5.74) is 6.82. The molecule has 5 heteroatoms. The van der Waals surface area contributed by atoms with E-state index in [1.54, 1.807) is 6.20 Å². The molecular formula is C12H18N4O. The predicted molar refractivity (Wildman–Crippen MR) is 65.1 cm³/mol. The van der Waals surface area contributed by atoms with Gasteiger partial charge in [-0.3, -0.25) is 9.48 Å². The molecule has 2 atom stereocenters. The van der Waals surface area contributed by atoms with Crippen LogP contribution in [0.25, 0.3) is 0 Å². The number of nitrogens with one attached hydrogen (secondary N) is 1. The predicted octanol–water partition coefficient (Wildman–Crippen LogP) is -0.0178. The molecule has 0 fully saturated rings. The molecule has 1 aliphatic rings. The fourth-order valence-corrected chi connectivity index (χ4v) is 2.01. The van der Waals surface area contributed by atoms with Crippen molar-refractivity contribution < 1.29 is 4.79 Å². The highest BCUT2D eigenvalue weighted by molar-refractivity contribution is 5.81. The maximum absolute atomic E-state index is 11.8. The van der Waals surface area contributed by atoms with E-state index in [2.05, 4.69) is 10.4 Å². The number of amides is 1. The van der Waals surface area contributed by atoms with Crippen LogP contribution in [0.2, 0.25) is 0 Å². The zero-order chi connectivity index (χ0) is 12.3. The molecule has 1 amide bonds. The number of hydrogen-bond donors (Lipinski definition) is 2. The highest BCUT2D eigenvalue weighted by atomic mass is 16.1. The third-order valence-corrected chi connectivity index (χ3v) is 3.06. The summed E-state index contributed by atoms with van der Waals surface area (Å²) in [5, 5.41) is 7.00. The minimum absolute atomic E-state index is 0.0304. The summed E-state index contributed by atoms with van der Waals surface area (Å²) in [6.07, 6.45) is 7.06. The Bertz CT molecular complexity index is 424. The maximum Gasteiger partial charge on any atom is 0.227 e. The van der Waals surface area contributed by atoms with Gasteiger partial charge in [0.2, 0.25) is 5.91 Å². The van der Waals surface area contributed by atoms with Gasteiger partial charge in [-0.15, -0.1) is 0 Å². The van der Waals surface area contributed by atoms with E-state index in [0.717, 1.165) is 18.5 Å². The molecule has 1 aromatic rings. The number of carbonyl (C=O) groups excluding carboxylic acids is 1. The molecule has 0 aromatic carbocycles. The van der Waals surface area contributed by atoms with Crippen molar-refractivity contribution in [2.75, 3.05) is 6.54 Å². The van der Waals surface area contributed by atoms with E-state index >= 15 is 0 Å². The molecule has 1 heterocycles. The second-order valence-corrected chi connectivity index (χ2v) is 4.38. The van der Waals surface area contributed by atoms with Crippen molar-refractivity contribution in [2.45, 2.75) is 18.9 Å². The van der Waals surface area contributed by atoms with Crippen molar-refractivity contribution in [3.05, 3.63) is 30.1 Å². The Kier molecular flexibility index (Phi) is 3.58. The smallest absolute Gasteiger partial charge is 0.227 e. The van der Waals surface area contributed by atoms with E-state index in [4.69, 9.17) is 5.73 Å². The van der Waals surface area contributed by atoms with E-state index in [9.17, 15) is 4.79 Å². The molecule has 92 valence electrons. The van der Waals surface area contributed by atoms with Crippen molar-refractivity contribution in [3.8, 4) is 0 Å². The van der Waals surface area contributed by atoms with E-state index < -0.39 is 0 Å². The van der Waals surface area contributed by atoms with Gasteiger partial charge in [0.15, 0.2) is 0 Å². The van der Waals surface area contributed by atoms with Gasteiger partial charge in [0, 0.05) is 37.9 Å². The van der Waals surface area contributed by atoms with Crippen LogP contribution in [-0.4, -0.2) is 28.3 Å². The third-order valence-electron chi connectivity index (χ3n) is 3.06. The molecule has 0 radical (unpaired) electrons. The molecule has 17 heavy (non-hydrogen) atoms. The molecule has 0 bridgehead atoms. The van der Waals surface area contributed by atoms with Gasteiger partial charge < -0.3 is 11.1 Å². The van der Waals surface area contributed by atoms with Crippen LogP contribution in [0.15, 0.2) is 24.4 Å². The number of aromatic nitrogens is 2. The number of rotatable bonds is 4. The third kappa shape index (κ3) is 2.94. The van der Waals surface area contributed by atoms with Crippen LogP contribution >= 0.6 is 0 Å². The number of aryl methyl sites for hydroxylation is 1. The zero-order valence-electron chi connectivity index (χ0n) is 9.97. The van der Waals surface area contributed by atoms with Crippen LogP contribution in [-0.2, 0) is 18.3 Å². The van der Waals surface area contributed by atoms with E-state index in [1.807, 2.05) is 29.9 Å². The first-order valence-corrected chi connectivity index (χ1v) is 5.85. The molecule has 2 unspecified atom stereocenters. The molecule has 0 aliphatic heterocycles. The number of nitrogens with two attached hydrogens (primary N) is 1. The van der Waals surface area contributed by atoms with E-state index in [0.29, 0.717) is 6.54 Å². The summed E-state index contributed by atoms with van der Waals surface area (Å²) < 4.78 is 1.82. The second-order valence-electron chi connectivity index (χ2n) is 4.38. The van der Waals surface area contributed by atoms with Crippen molar-refractivity contribution in [1.82, 2.24) is 15.1 Å². The van der Waals surface area contributed by atoms with Crippen molar-refractivity contribution in [3.63, 3.8) is 0 Å². The van der Waals surface area contributed by atoms with Gasteiger partial charge in [0.1, 0.15) is 0 Å². The lowest BCUT2D eigenvalue weighted by Gasteiger charge is -2.10. The van der Waals surface area contributed by atoms with E-state index in [-0.39, 0.29) is 17.9 Å². The lowest BCUT2D eigenvalue weighted by atomic mass is 10.1. The van der Waals surface area contributed by atoms with E-state index in [1.165, 1.54) is 0 Å². The minimum atomic E-state index is -0.0588. The van der Waals surface area contributed by atoms with Crippen LogP contribution in [0.1, 0.15) is 12.1 Å². The fraction of sp³-hybridized carbons (Fsp3) is 0.500. The number of carbonyl (C=O) groups is 1. The summed E-state index contributed by atoms with van der Waals surface area (Å²) >= 11 is 0. The first-order valence-electron chi connectivity index (χ1n) is 5.85. The van der Waals surface area contributed by atoms with Crippen molar-refractivity contribution in [1.29, 1.82) is 0 Å². The average molecular weight is 234 g/mol. The van der Waals surface area contributed by atoms with Gasteiger partial charge in [0.05, 0.1) is 5.92 Å². The Morgan fingerprint density at radius 2 is 2.47 bits per heavy atom. The Labute approximate surface area is 101 Å². The number of hydrogen-bond acceptors (Lipinski definition) is 3. The summed E-state index contributed by atoms with van der Waals surface area (Å²) in [7, 11) is 1.90. The fourth-order valence-electron chi connectivity index (χ4n) is 2.01. The summed E-state index contributed by atoms with van der Waals surface area (Å²) in [6, 6.07) is 1.99. The molecule has 0 saturated heterocycles. The van der Waals surface area contributed by atoms with Gasteiger partial charge in [0.25, 0.3) is 0 Å². The summed E-state index contributed by atoms with van der Waals surface area (Å²) in [5.74, 6) is 0.00732. The lowest BCUT2D eigenvalue weighted by Crippen LogP contribution is -2.32. The maximum atomic E-state index is 11.8. The largest absolute Gasteiger partial charge is 0.355 e. The van der Waals surface area contributed by atoms with Crippen LogP contribution in [0.4, 0.5) is 0 Å². The van der Waals surface area contributed by atoms with Crippen molar-refractivity contribution >= 4 is 5.91 Å². The van der Waals surface area contributed by atoms with Gasteiger partial charge in [-0.05, 0) is 12.5 Å². The first kappa shape index (κ1) is 11.9. The van der Waals surface area contributed by atoms with Crippen molar-refractivity contribution in [2.24, 2.45) is 18.7 Å². The molecule has 2 rings (SSSR count). The quantitative estimate of drug-likeness (QED) is 0.719. The lowest BCUT2D eigenvalue weighted by molar-refractivity contribution is -0.123. The first-order chi connectivity index (χ1) is 8.16. The number of nitrogens with zero attached hydrogens (tertiary/aromatic N) is 2. The average Bonchev–Trinajstić information content (AvgIpc) is 2.88. The Hall–Kier alpha value is -1.62. The highest BCUT2D eigenvalue weighted by Crippen LogP contribution is 2.16. The summed E-state index contributed by atoms with van der Waals surface area (Å²) in [6.45, 7) is 0.637. The Morgan fingerprint density at radius 1 is 1.65 bits per heavy atom. The molecule has 1 aliphatic carbocycles. The Morgan fingerprint density at radius 3 is 3.06 bits per heavy atom. The molecule has 0 saturated carbocycles. The van der Waals surface area contributed by atoms with Crippen LogP contribution in [0.3, 0.4) is 0 Å². The normalized spacial score (nSPS) is 22.9. The van der Waals surface area contributed by atoms with Gasteiger partial charge in [-0.2, -0.15) is 5.10 Å². The zero-order valence-corrected chi connectivity index (χ0v) is 9.97. The van der Waals surface area contributed by atoms with Crippen LogP contribution in [0.5, 0.6) is 0 Å². The topological polar surface area (TPSA) is 72.9 Å². The van der Waals surface area contributed by atoms with Gasteiger partial charge in [-0.1, -0.05) is 12.2 Å². The standard InChI is InChI=1S/C12H18N4O/c1-16-11(5-7-15-16)4-6-14-12(17)9-2-3-10(13)8-9/h2-3,5,7,9-10H,4,6,8,13H2,1H3,(H,14,17). The Balaban J connectivity index is 1.74.